The lowest BCUT2D eigenvalue weighted by Crippen LogP contribution is -2.28. The summed E-state index contributed by atoms with van der Waals surface area (Å²) in [7, 11) is 0. The van der Waals surface area contributed by atoms with Gasteiger partial charge in [0.05, 0.1) is 6.04 Å². The van der Waals surface area contributed by atoms with Gasteiger partial charge in [0.1, 0.15) is 0 Å². The van der Waals surface area contributed by atoms with Gasteiger partial charge in [-0.2, -0.15) is 0 Å². The first-order valence-corrected chi connectivity index (χ1v) is 7.76. The molecule has 0 spiro atoms. The van der Waals surface area contributed by atoms with Crippen molar-refractivity contribution >= 4 is 28.4 Å². The van der Waals surface area contributed by atoms with Gasteiger partial charge in [-0.3, -0.25) is 4.79 Å². The Bertz CT molecular complexity index is 667. The van der Waals surface area contributed by atoms with Crippen LogP contribution >= 0.6 is 11.8 Å². The summed E-state index contributed by atoms with van der Waals surface area (Å²) in [6, 6.07) is 13.4. The van der Waals surface area contributed by atoms with E-state index >= 15 is 0 Å². The Morgan fingerprint density at radius 1 is 1.16 bits per heavy atom. The molecule has 1 unspecified atom stereocenters. The maximum Gasteiger partial charge on any atom is 0.223 e. The maximum absolute atomic E-state index is 12.0. The molecular weight excluding hydrogens is 254 g/mol. The van der Waals surface area contributed by atoms with Crippen LogP contribution in [0.2, 0.25) is 0 Å². The molecule has 0 radical (unpaired) electrons. The number of carbonyl (C=O) groups is 1. The summed E-state index contributed by atoms with van der Waals surface area (Å²) in [4.78, 5) is 15.4. The van der Waals surface area contributed by atoms with Crippen LogP contribution in [-0.4, -0.2) is 23.1 Å². The minimum atomic E-state index is 0.308. The third-order valence-electron chi connectivity index (χ3n) is 4.16. The first-order chi connectivity index (χ1) is 9.33. The van der Waals surface area contributed by atoms with Gasteiger partial charge < -0.3 is 4.90 Å². The number of benzene rings is 2. The van der Waals surface area contributed by atoms with Crippen LogP contribution in [0.3, 0.4) is 0 Å². The van der Waals surface area contributed by atoms with E-state index in [1.807, 2.05) is 11.8 Å². The predicted octanol–water partition coefficient (Wildman–Crippen LogP) is 3.61. The van der Waals surface area contributed by atoms with E-state index in [-0.39, 0.29) is 0 Å². The summed E-state index contributed by atoms with van der Waals surface area (Å²) in [5, 5.41) is 2.58. The van der Waals surface area contributed by atoms with Crippen molar-refractivity contribution in [3.8, 4) is 0 Å². The van der Waals surface area contributed by atoms with Crippen molar-refractivity contribution in [1.29, 1.82) is 0 Å². The standard InChI is InChI=1S/C16H15NOS/c18-16-6-5-14-13-9-11-3-1-2-4-12(11)10-15(13)19-8-7-17(14)16/h1-4,9-10,14H,5-8H2. The fourth-order valence-corrected chi connectivity index (χ4v) is 4.29. The molecule has 2 aliphatic rings. The van der Waals surface area contributed by atoms with Crippen molar-refractivity contribution in [1.82, 2.24) is 4.90 Å². The number of nitrogens with zero attached hydrogens (tertiary/aromatic N) is 1. The Morgan fingerprint density at radius 3 is 2.79 bits per heavy atom. The summed E-state index contributed by atoms with van der Waals surface area (Å²) in [5.41, 5.74) is 1.35. The van der Waals surface area contributed by atoms with E-state index in [1.165, 1.54) is 21.2 Å². The highest BCUT2D eigenvalue weighted by atomic mass is 32.2. The van der Waals surface area contributed by atoms with Crippen molar-refractivity contribution < 1.29 is 4.79 Å². The number of carbonyl (C=O) groups excluding carboxylic acids is 1. The minimum absolute atomic E-state index is 0.308. The van der Waals surface area contributed by atoms with Crippen LogP contribution in [0.5, 0.6) is 0 Å². The van der Waals surface area contributed by atoms with Crippen LogP contribution in [0.1, 0.15) is 24.4 Å². The second-order valence-corrected chi connectivity index (χ2v) is 6.36. The van der Waals surface area contributed by atoms with Crippen LogP contribution in [0.4, 0.5) is 0 Å². The van der Waals surface area contributed by atoms with E-state index in [1.54, 1.807) is 0 Å². The maximum atomic E-state index is 12.0. The van der Waals surface area contributed by atoms with Gasteiger partial charge in [0, 0.05) is 23.6 Å². The Hall–Kier alpha value is -1.48. The molecule has 0 bridgehead atoms. The molecule has 1 saturated heterocycles. The monoisotopic (exact) mass is 269 g/mol. The van der Waals surface area contributed by atoms with E-state index in [9.17, 15) is 4.79 Å². The number of rotatable bonds is 0. The van der Waals surface area contributed by atoms with Crippen LogP contribution in [-0.2, 0) is 4.79 Å². The molecule has 2 aromatic rings. The lowest BCUT2D eigenvalue weighted by Gasteiger charge is -2.23. The SMILES string of the molecule is O=C1CCC2c3cc4ccccc4cc3SCCN12. The zero-order valence-electron chi connectivity index (χ0n) is 10.6. The number of amides is 1. The molecule has 0 N–H and O–H groups in total. The average molecular weight is 269 g/mol. The molecule has 3 heteroatoms. The predicted molar refractivity (Wildman–Crippen MR) is 78.4 cm³/mol. The highest BCUT2D eigenvalue weighted by Crippen LogP contribution is 2.42. The summed E-state index contributed by atoms with van der Waals surface area (Å²) in [6.45, 7) is 0.888. The van der Waals surface area contributed by atoms with Crippen LogP contribution < -0.4 is 0 Å². The molecule has 0 aliphatic carbocycles. The Kier molecular flexibility index (Phi) is 2.55. The van der Waals surface area contributed by atoms with Gasteiger partial charge in [-0.15, -0.1) is 11.8 Å². The molecule has 19 heavy (non-hydrogen) atoms. The van der Waals surface area contributed by atoms with Crippen molar-refractivity contribution in [3.63, 3.8) is 0 Å². The van der Waals surface area contributed by atoms with Crippen molar-refractivity contribution in [2.75, 3.05) is 12.3 Å². The Morgan fingerprint density at radius 2 is 1.95 bits per heavy atom. The molecule has 4 rings (SSSR count). The normalized spacial score (nSPS) is 22.2. The first kappa shape index (κ1) is 11.4. The summed E-state index contributed by atoms with van der Waals surface area (Å²) >= 11 is 1.89. The van der Waals surface area contributed by atoms with Gasteiger partial charge in [-0.25, -0.2) is 0 Å². The molecule has 1 amide bonds. The Labute approximate surface area is 116 Å². The van der Waals surface area contributed by atoms with E-state index in [2.05, 4.69) is 41.3 Å². The van der Waals surface area contributed by atoms with Crippen molar-refractivity contribution in [3.05, 3.63) is 42.0 Å². The summed E-state index contributed by atoms with van der Waals surface area (Å²) in [5.74, 6) is 1.33. The molecule has 1 fully saturated rings. The van der Waals surface area contributed by atoms with Crippen molar-refractivity contribution in [2.45, 2.75) is 23.8 Å². The number of thioether (sulfide) groups is 1. The summed E-state index contributed by atoms with van der Waals surface area (Å²) < 4.78 is 0. The molecular formula is C16H15NOS. The zero-order chi connectivity index (χ0) is 12.8. The zero-order valence-corrected chi connectivity index (χ0v) is 11.5. The van der Waals surface area contributed by atoms with E-state index in [0.717, 1.165) is 18.7 Å². The molecule has 2 aliphatic heterocycles. The average Bonchev–Trinajstić information content (AvgIpc) is 2.70. The molecule has 2 heterocycles. The lowest BCUT2D eigenvalue weighted by atomic mass is 10.00. The van der Waals surface area contributed by atoms with E-state index < -0.39 is 0 Å². The third-order valence-corrected chi connectivity index (χ3v) is 5.21. The first-order valence-electron chi connectivity index (χ1n) is 6.78. The van der Waals surface area contributed by atoms with Crippen LogP contribution in [0.15, 0.2) is 41.3 Å². The molecule has 0 saturated carbocycles. The fourth-order valence-electron chi connectivity index (χ4n) is 3.21. The lowest BCUT2D eigenvalue weighted by molar-refractivity contribution is -0.128. The van der Waals surface area contributed by atoms with Crippen molar-refractivity contribution in [2.24, 2.45) is 0 Å². The van der Waals surface area contributed by atoms with Crippen LogP contribution in [0, 0.1) is 0 Å². The second kappa shape index (κ2) is 4.27. The highest BCUT2D eigenvalue weighted by Gasteiger charge is 2.34. The third kappa shape index (κ3) is 1.76. The molecule has 2 aromatic carbocycles. The molecule has 1 atom stereocenters. The highest BCUT2D eigenvalue weighted by molar-refractivity contribution is 7.99. The van der Waals surface area contributed by atoms with Crippen LogP contribution in [0.25, 0.3) is 10.8 Å². The largest absolute Gasteiger partial charge is 0.335 e. The number of hydrogen-bond donors (Lipinski definition) is 0. The van der Waals surface area contributed by atoms with Gasteiger partial charge in [-0.1, -0.05) is 24.3 Å². The minimum Gasteiger partial charge on any atom is -0.335 e. The number of fused-ring (bicyclic) bond motifs is 4. The van der Waals surface area contributed by atoms with E-state index in [0.29, 0.717) is 18.4 Å². The van der Waals surface area contributed by atoms with Gasteiger partial charge in [0.15, 0.2) is 0 Å². The quantitative estimate of drug-likeness (QED) is 0.728. The topological polar surface area (TPSA) is 20.3 Å². The van der Waals surface area contributed by atoms with E-state index in [4.69, 9.17) is 0 Å². The summed E-state index contributed by atoms with van der Waals surface area (Å²) in [6.07, 6.45) is 1.69. The fraction of sp³-hybridized carbons (Fsp3) is 0.312. The van der Waals surface area contributed by atoms with Gasteiger partial charge in [0.2, 0.25) is 5.91 Å². The van der Waals surface area contributed by atoms with Gasteiger partial charge >= 0.3 is 0 Å². The van der Waals surface area contributed by atoms with Gasteiger partial charge in [0.25, 0.3) is 0 Å². The smallest absolute Gasteiger partial charge is 0.223 e. The second-order valence-electron chi connectivity index (χ2n) is 5.23. The number of hydrogen-bond acceptors (Lipinski definition) is 2. The molecule has 0 aromatic heterocycles. The molecule has 2 nitrogen and oxygen atoms in total. The van der Waals surface area contributed by atoms with Gasteiger partial charge in [-0.05, 0) is 34.9 Å². The molecule has 96 valence electrons. The Balaban J connectivity index is 1.91.